The molecular formula is C12H16F3NO3. The first-order valence-corrected chi connectivity index (χ1v) is 5.67. The number of alkyl halides is 3. The second-order valence-electron chi connectivity index (χ2n) is 3.64. The minimum absolute atomic E-state index is 0.138. The number of ether oxygens (including phenoxy) is 2. The van der Waals surface area contributed by atoms with Crippen LogP contribution in [0.1, 0.15) is 12.5 Å². The molecule has 7 heteroatoms. The maximum atomic E-state index is 11.8. The summed E-state index contributed by atoms with van der Waals surface area (Å²) in [5, 5.41) is 0. The molecule has 0 aromatic heterocycles. The molecule has 0 saturated heterocycles. The lowest BCUT2D eigenvalue weighted by Gasteiger charge is -2.12. The molecule has 0 saturated carbocycles. The van der Waals surface area contributed by atoms with Crippen molar-refractivity contribution in [1.29, 1.82) is 0 Å². The summed E-state index contributed by atoms with van der Waals surface area (Å²) in [6.45, 7) is 1.16. The average Bonchev–Trinajstić information content (AvgIpc) is 2.35. The van der Waals surface area contributed by atoms with Crippen LogP contribution in [0.4, 0.5) is 13.2 Å². The molecule has 0 aliphatic carbocycles. The van der Waals surface area contributed by atoms with Crippen LogP contribution in [0, 0.1) is 0 Å². The van der Waals surface area contributed by atoms with Crippen molar-refractivity contribution in [2.24, 2.45) is 0 Å². The van der Waals surface area contributed by atoms with E-state index in [1.807, 2.05) is 6.92 Å². The van der Waals surface area contributed by atoms with E-state index in [0.717, 1.165) is 5.56 Å². The maximum absolute atomic E-state index is 11.8. The molecule has 0 atom stereocenters. The molecule has 19 heavy (non-hydrogen) atoms. The van der Waals surface area contributed by atoms with Crippen molar-refractivity contribution >= 4 is 0 Å². The van der Waals surface area contributed by atoms with Gasteiger partial charge in [0.25, 0.3) is 0 Å². The monoisotopic (exact) mass is 279 g/mol. The van der Waals surface area contributed by atoms with Crippen molar-refractivity contribution in [3.8, 4) is 11.5 Å². The van der Waals surface area contributed by atoms with Crippen molar-refractivity contribution in [2.45, 2.75) is 19.6 Å². The van der Waals surface area contributed by atoms with Crippen molar-refractivity contribution in [3.05, 3.63) is 23.8 Å². The van der Waals surface area contributed by atoms with Gasteiger partial charge in [-0.3, -0.25) is 4.84 Å². The third-order valence-corrected chi connectivity index (χ3v) is 2.14. The van der Waals surface area contributed by atoms with Gasteiger partial charge in [0.05, 0.1) is 13.7 Å². The maximum Gasteiger partial charge on any atom is 0.413 e. The summed E-state index contributed by atoms with van der Waals surface area (Å²) in [6, 6.07) is 5.09. The second kappa shape index (κ2) is 7.20. The van der Waals surface area contributed by atoms with Crippen LogP contribution >= 0.6 is 0 Å². The van der Waals surface area contributed by atoms with Gasteiger partial charge in [-0.15, -0.1) is 0 Å². The molecule has 1 aromatic rings. The predicted molar refractivity (Wildman–Crippen MR) is 63.0 cm³/mol. The minimum atomic E-state index is -4.34. The summed E-state index contributed by atoms with van der Waals surface area (Å²) < 4.78 is 46.0. The number of hydrogen-bond acceptors (Lipinski definition) is 4. The topological polar surface area (TPSA) is 39.7 Å². The largest absolute Gasteiger partial charge is 0.493 e. The third kappa shape index (κ3) is 5.80. The number of benzene rings is 1. The Hall–Kier alpha value is -1.47. The number of methoxy groups -OCH3 is 1. The van der Waals surface area contributed by atoms with Gasteiger partial charge in [-0.1, -0.05) is 6.07 Å². The van der Waals surface area contributed by atoms with Gasteiger partial charge in [-0.25, -0.2) is 0 Å². The normalized spacial score (nSPS) is 11.4. The van der Waals surface area contributed by atoms with Crippen LogP contribution in [0.3, 0.4) is 0 Å². The first-order valence-electron chi connectivity index (χ1n) is 5.67. The van der Waals surface area contributed by atoms with E-state index in [1.54, 1.807) is 18.2 Å². The highest BCUT2D eigenvalue weighted by Crippen LogP contribution is 2.27. The highest BCUT2D eigenvalue weighted by Gasteiger charge is 2.27. The Bertz CT molecular complexity index is 396. The lowest BCUT2D eigenvalue weighted by molar-refractivity contribution is -0.190. The van der Waals surface area contributed by atoms with Crippen LogP contribution in [0.2, 0.25) is 0 Å². The van der Waals surface area contributed by atoms with E-state index in [0.29, 0.717) is 18.1 Å². The fourth-order valence-corrected chi connectivity index (χ4v) is 1.36. The number of halogens is 3. The molecule has 0 aliphatic heterocycles. The zero-order valence-electron chi connectivity index (χ0n) is 10.7. The molecule has 0 heterocycles. The molecule has 0 spiro atoms. The Kier molecular flexibility index (Phi) is 5.91. The summed E-state index contributed by atoms with van der Waals surface area (Å²) in [6.07, 6.45) is -4.34. The summed E-state index contributed by atoms with van der Waals surface area (Å²) in [5.41, 5.74) is 2.97. The smallest absolute Gasteiger partial charge is 0.413 e. The van der Waals surface area contributed by atoms with Crippen LogP contribution < -0.4 is 15.0 Å². The number of hydroxylamine groups is 1. The third-order valence-electron chi connectivity index (χ3n) is 2.14. The molecule has 0 aliphatic rings. The molecule has 4 nitrogen and oxygen atoms in total. The van der Waals surface area contributed by atoms with E-state index < -0.39 is 12.8 Å². The van der Waals surface area contributed by atoms with Gasteiger partial charge in [0.2, 0.25) is 0 Å². The zero-order valence-corrected chi connectivity index (χ0v) is 10.7. The lowest BCUT2D eigenvalue weighted by Crippen LogP contribution is -2.24. The number of hydrogen-bond donors (Lipinski definition) is 1. The number of nitrogens with one attached hydrogen (secondary N) is 1. The highest BCUT2D eigenvalue weighted by molar-refractivity contribution is 5.42. The van der Waals surface area contributed by atoms with Gasteiger partial charge in [-0.05, 0) is 24.6 Å². The van der Waals surface area contributed by atoms with Crippen molar-refractivity contribution in [3.63, 3.8) is 0 Å². The van der Waals surface area contributed by atoms with Crippen molar-refractivity contribution in [2.75, 3.05) is 20.3 Å². The van der Waals surface area contributed by atoms with Crippen LogP contribution in [0.15, 0.2) is 18.2 Å². The fourth-order valence-electron chi connectivity index (χ4n) is 1.36. The molecule has 0 unspecified atom stereocenters. The zero-order chi connectivity index (χ0) is 14.3. The van der Waals surface area contributed by atoms with E-state index in [2.05, 4.69) is 10.3 Å². The van der Waals surface area contributed by atoms with Gasteiger partial charge < -0.3 is 9.47 Å². The highest BCUT2D eigenvalue weighted by atomic mass is 19.4. The molecule has 0 radical (unpaired) electrons. The van der Waals surface area contributed by atoms with Crippen LogP contribution in [0.5, 0.6) is 11.5 Å². The van der Waals surface area contributed by atoms with E-state index in [4.69, 9.17) is 9.47 Å². The lowest BCUT2D eigenvalue weighted by atomic mass is 10.2. The van der Waals surface area contributed by atoms with E-state index >= 15 is 0 Å². The molecule has 0 amide bonds. The van der Waals surface area contributed by atoms with Crippen molar-refractivity contribution < 1.29 is 27.5 Å². The van der Waals surface area contributed by atoms with Gasteiger partial charge in [-0.2, -0.15) is 18.7 Å². The summed E-state index contributed by atoms with van der Waals surface area (Å²) in [5.74, 6) is 1.11. The van der Waals surface area contributed by atoms with Gasteiger partial charge in [0.1, 0.15) is 0 Å². The Morgan fingerprint density at radius 2 is 1.95 bits per heavy atom. The molecule has 0 bridgehead atoms. The quantitative estimate of drug-likeness (QED) is 0.615. The van der Waals surface area contributed by atoms with Gasteiger partial charge in [0.15, 0.2) is 18.1 Å². The molecule has 108 valence electrons. The molecular weight excluding hydrogens is 263 g/mol. The summed E-state index contributed by atoms with van der Waals surface area (Å²) in [7, 11) is 1.50. The molecule has 1 rings (SSSR count). The van der Waals surface area contributed by atoms with Crippen LogP contribution in [-0.4, -0.2) is 26.5 Å². The summed E-state index contributed by atoms with van der Waals surface area (Å²) >= 11 is 0. The number of rotatable bonds is 7. The predicted octanol–water partition coefficient (Wildman–Crippen LogP) is 2.68. The standard InChI is InChI=1S/C12H16F3NO3/c1-3-18-10-5-4-9(6-11(10)17-2)7-16-19-8-12(13,14)15/h4-6,16H,3,7-8H2,1-2H3. The fraction of sp³-hybridized carbons (Fsp3) is 0.500. The van der Waals surface area contributed by atoms with Gasteiger partial charge >= 0.3 is 6.18 Å². The van der Waals surface area contributed by atoms with E-state index in [-0.39, 0.29) is 6.54 Å². The SMILES string of the molecule is CCOc1ccc(CNOCC(F)(F)F)cc1OC. The summed E-state index contributed by atoms with van der Waals surface area (Å²) in [4.78, 5) is 4.31. The Balaban J connectivity index is 2.50. The van der Waals surface area contributed by atoms with Crippen molar-refractivity contribution in [1.82, 2.24) is 5.48 Å². The second-order valence-corrected chi connectivity index (χ2v) is 3.64. The first kappa shape index (κ1) is 15.6. The Morgan fingerprint density at radius 1 is 1.21 bits per heavy atom. The molecule has 0 fully saturated rings. The first-order chi connectivity index (χ1) is 8.96. The van der Waals surface area contributed by atoms with E-state index in [9.17, 15) is 13.2 Å². The van der Waals surface area contributed by atoms with Crippen LogP contribution in [0.25, 0.3) is 0 Å². The minimum Gasteiger partial charge on any atom is -0.493 e. The Morgan fingerprint density at radius 3 is 2.53 bits per heavy atom. The van der Waals surface area contributed by atoms with Crippen LogP contribution in [-0.2, 0) is 11.4 Å². The van der Waals surface area contributed by atoms with E-state index in [1.165, 1.54) is 7.11 Å². The van der Waals surface area contributed by atoms with Gasteiger partial charge in [0, 0.05) is 6.54 Å². The Labute approximate surface area is 109 Å². The molecule has 1 N–H and O–H groups in total. The molecule has 1 aromatic carbocycles. The average molecular weight is 279 g/mol.